The molecule has 2 fully saturated rings. The van der Waals surface area contributed by atoms with Crippen molar-refractivity contribution in [3.8, 4) is 0 Å². The summed E-state index contributed by atoms with van der Waals surface area (Å²) in [6.07, 6.45) is 2.38. The van der Waals surface area contributed by atoms with Gasteiger partial charge in [0.15, 0.2) is 0 Å². The Balaban J connectivity index is 1.39. The molecule has 1 aliphatic carbocycles. The third-order valence-electron chi connectivity index (χ3n) is 5.58. The molecule has 8 nitrogen and oxygen atoms in total. The summed E-state index contributed by atoms with van der Waals surface area (Å²) in [5.41, 5.74) is 0.371. The number of carbonyl (C=O) groups excluding carboxylic acids is 3. The number of nitrogens with zero attached hydrogens (tertiary/aromatic N) is 2. The molecule has 0 aromatic heterocycles. The number of rotatable bonds is 4. The van der Waals surface area contributed by atoms with Gasteiger partial charge in [-0.1, -0.05) is 30.3 Å². The van der Waals surface area contributed by atoms with Crippen molar-refractivity contribution in [1.82, 2.24) is 15.1 Å². The number of alkyl carbamates (subject to hydrolysis) is 1. The normalized spacial score (nSPS) is 22.1. The van der Waals surface area contributed by atoms with Crippen LogP contribution in [0.2, 0.25) is 0 Å². The molecule has 1 aromatic carbocycles. The average molecular weight is 432 g/mol. The quantitative estimate of drug-likeness (QED) is 0.790. The third kappa shape index (κ3) is 6.87. The van der Waals surface area contributed by atoms with Crippen molar-refractivity contribution in [3.63, 3.8) is 0 Å². The van der Waals surface area contributed by atoms with Gasteiger partial charge >= 0.3 is 12.2 Å². The van der Waals surface area contributed by atoms with Crippen molar-refractivity contribution in [1.29, 1.82) is 0 Å². The number of hydrogen-bond acceptors (Lipinski definition) is 5. The molecule has 2 aliphatic rings. The van der Waals surface area contributed by atoms with E-state index in [2.05, 4.69) is 5.32 Å². The van der Waals surface area contributed by atoms with Crippen LogP contribution in [-0.2, 0) is 20.9 Å². The van der Waals surface area contributed by atoms with E-state index < -0.39 is 17.8 Å². The van der Waals surface area contributed by atoms with Gasteiger partial charge in [0.2, 0.25) is 5.91 Å². The number of hydrogen-bond donors (Lipinski definition) is 1. The minimum Gasteiger partial charge on any atom is -0.445 e. The first-order valence-electron chi connectivity index (χ1n) is 11.0. The summed E-state index contributed by atoms with van der Waals surface area (Å²) < 4.78 is 10.7. The highest BCUT2D eigenvalue weighted by Gasteiger charge is 2.35. The summed E-state index contributed by atoms with van der Waals surface area (Å²) in [7, 11) is 0. The van der Waals surface area contributed by atoms with Crippen LogP contribution in [0.25, 0.3) is 0 Å². The van der Waals surface area contributed by atoms with E-state index in [4.69, 9.17) is 9.47 Å². The summed E-state index contributed by atoms with van der Waals surface area (Å²) in [4.78, 5) is 40.3. The summed E-state index contributed by atoms with van der Waals surface area (Å²) >= 11 is 0. The van der Waals surface area contributed by atoms with E-state index in [9.17, 15) is 14.4 Å². The minimum atomic E-state index is -0.578. The smallest absolute Gasteiger partial charge is 0.410 e. The van der Waals surface area contributed by atoms with E-state index in [0.717, 1.165) is 31.2 Å². The summed E-state index contributed by atoms with van der Waals surface area (Å²) in [5.74, 6) is -0.0456. The van der Waals surface area contributed by atoms with Crippen LogP contribution in [0.3, 0.4) is 0 Å². The van der Waals surface area contributed by atoms with Gasteiger partial charge in [0.05, 0.1) is 0 Å². The van der Waals surface area contributed by atoms with Gasteiger partial charge in [-0.25, -0.2) is 9.59 Å². The molecule has 1 heterocycles. The second-order valence-corrected chi connectivity index (χ2v) is 9.20. The minimum absolute atomic E-state index is 0.0456. The van der Waals surface area contributed by atoms with Crippen molar-refractivity contribution in [2.24, 2.45) is 0 Å². The van der Waals surface area contributed by atoms with Crippen molar-refractivity contribution < 1.29 is 23.9 Å². The number of benzene rings is 1. The molecule has 3 rings (SSSR count). The van der Waals surface area contributed by atoms with Gasteiger partial charge in [0.25, 0.3) is 0 Å². The van der Waals surface area contributed by atoms with Gasteiger partial charge < -0.3 is 19.7 Å². The average Bonchev–Trinajstić information content (AvgIpc) is 2.72. The van der Waals surface area contributed by atoms with Crippen LogP contribution in [0.1, 0.15) is 52.0 Å². The predicted octanol–water partition coefficient (Wildman–Crippen LogP) is 3.30. The Bertz CT molecular complexity index is 769. The lowest BCUT2D eigenvalue weighted by molar-refractivity contribution is -0.139. The molecule has 0 spiro atoms. The topological polar surface area (TPSA) is 88.2 Å². The largest absolute Gasteiger partial charge is 0.445 e. The van der Waals surface area contributed by atoms with E-state index in [1.54, 1.807) is 0 Å². The van der Waals surface area contributed by atoms with Gasteiger partial charge in [-0.2, -0.15) is 0 Å². The maximum atomic E-state index is 12.6. The highest BCUT2D eigenvalue weighted by molar-refractivity contribution is 5.84. The molecule has 0 atom stereocenters. The van der Waals surface area contributed by atoms with Gasteiger partial charge in [0.1, 0.15) is 18.8 Å². The maximum Gasteiger partial charge on any atom is 0.410 e. The molecule has 1 saturated carbocycles. The molecule has 0 radical (unpaired) electrons. The standard InChI is InChI=1S/C23H33N3O5/c1-23(2,3)31-22(29)25-13-14-26(20(27)15-25)19-11-9-18(10-12-19)24-21(28)30-16-17-7-5-4-6-8-17/h4-8,18-19H,9-16H2,1-3H3,(H,24,28). The molecule has 8 heteroatoms. The molecule has 31 heavy (non-hydrogen) atoms. The van der Waals surface area contributed by atoms with Gasteiger partial charge in [-0.05, 0) is 52.0 Å². The lowest BCUT2D eigenvalue weighted by Gasteiger charge is -2.41. The Morgan fingerprint density at radius 1 is 1.06 bits per heavy atom. The number of piperazine rings is 1. The third-order valence-corrected chi connectivity index (χ3v) is 5.58. The van der Waals surface area contributed by atoms with E-state index in [-0.39, 0.29) is 31.1 Å². The molecule has 1 saturated heterocycles. The maximum absolute atomic E-state index is 12.6. The Morgan fingerprint density at radius 3 is 2.35 bits per heavy atom. The highest BCUT2D eigenvalue weighted by Crippen LogP contribution is 2.25. The summed E-state index contributed by atoms with van der Waals surface area (Å²) in [6.45, 7) is 6.73. The first-order valence-corrected chi connectivity index (χ1v) is 11.0. The van der Waals surface area contributed by atoms with Crippen molar-refractivity contribution in [2.75, 3.05) is 19.6 Å². The molecule has 3 amide bonds. The molecular formula is C23H33N3O5. The monoisotopic (exact) mass is 431 g/mol. The van der Waals surface area contributed by atoms with Crippen molar-refractivity contribution in [2.45, 2.75) is 70.7 Å². The van der Waals surface area contributed by atoms with Gasteiger partial charge in [-0.3, -0.25) is 9.69 Å². The Kier molecular flexibility index (Phi) is 7.41. The van der Waals surface area contributed by atoms with Crippen LogP contribution in [0.4, 0.5) is 9.59 Å². The van der Waals surface area contributed by atoms with Crippen molar-refractivity contribution in [3.05, 3.63) is 35.9 Å². The molecular weight excluding hydrogens is 398 g/mol. The van der Waals surface area contributed by atoms with Crippen LogP contribution in [0.5, 0.6) is 0 Å². The summed E-state index contributed by atoms with van der Waals surface area (Å²) in [5, 5.41) is 2.93. The molecule has 1 aliphatic heterocycles. The van der Waals surface area contributed by atoms with Crippen LogP contribution in [-0.4, -0.2) is 65.2 Å². The fraction of sp³-hybridized carbons (Fsp3) is 0.609. The highest BCUT2D eigenvalue weighted by atomic mass is 16.6. The van der Waals surface area contributed by atoms with Crippen LogP contribution in [0, 0.1) is 0 Å². The van der Waals surface area contributed by atoms with Gasteiger partial charge in [-0.15, -0.1) is 0 Å². The fourth-order valence-electron chi connectivity index (χ4n) is 4.02. The van der Waals surface area contributed by atoms with Crippen molar-refractivity contribution >= 4 is 18.1 Å². The zero-order valence-corrected chi connectivity index (χ0v) is 18.6. The molecule has 1 N–H and O–H groups in total. The first-order chi connectivity index (χ1) is 14.7. The number of amides is 3. The molecule has 0 unspecified atom stereocenters. The molecule has 1 aromatic rings. The van der Waals surface area contributed by atoms with E-state index >= 15 is 0 Å². The van der Waals surface area contributed by atoms with E-state index in [0.29, 0.717) is 13.1 Å². The zero-order valence-electron chi connectivity index (χ0n) is 18.6. The number of ether oxygens (including phenoxy) is 2. The molecule has 0 bridgehead atoms. The fourth-order valence-corrected chi connectivity index (χ4v) is 4.02. The predicted molar refractivity (Wildman–Crippen MR) is 115 cm³/mol. The lowest BCUT2D eigenvalue weighted by Crippen LogP contribution is -2.57. The van der Waals surface area contributed by atoms with Crippen LogP contribution < -0.4 is 5.32 Å². The Morgan fingerprint density at radius 2 is 1.74 bits per heavy atom. The summed E-state index contributed by atoms with van der Waals surface area (Å²) in [6, 6.07) is 9.77. The van der Waals surface area contributed by atoms with Crippen LogP contribution >= 0.6 is 0 Å². The number of nitrogens with one attached hydrogen (secondary N) is 1. The second-order valence-electron chi connectivity index (χ2n) is 9.20. The Hall–Kier alpha value is -2.77. The lowest BCUT2D eigenvalue weighted by atomic mass is 9.90. The SMILES string of the molecule is CC(C)(C)OC(=O)N1CCN(C2CCC(NC(=O)OCc3ccccc3)CC2)C(=O)C1. The van der Waals surface area contributed by atoms with Gasteiger partial charge in [0, 0.05) is 25.2 Å². The molecule has 170 valence electrons. The Labute approximate surface area is 183 Å². The van der Waals surface area contributed by atoms with E-state index in [1.807, 2.05) is 56.0 Å². The van der Waals surface area contributed by atoms with Crippen LogP contribution in [0.15, 0.2) is 30.3 Å². The first kappa shape index (κ1) is 22.9. The van der Waals surface area contributed by atoms with E-state index in [1.165, 1.54) is 4.90 Å². The zero-order chi connectivity index (χ0) is 22.4. The second kappa shape index (κ2) is 10.0. The number of carbonyl (C=O) groups is 3.